The average Bonchev–Trinajstić information content (AvgIpc) is 3.08. The molecular weight excluding hydrogens is 342 g/mol. The Morgan fingerprint density at radius 2 is 2.04 bits per heavy atom. The summed E-state index contributed by atoms with van der Waals surface area (Å²) in [6.07, 6.45) is 3.52. The summed E-state index contributed by atoms with van der Waals surface area (Å²) in [6, 6.07) is 12.5. The number of furan rings is 1. The molecule has 1 aromatic heterocycles. The molecule has 0 saturated heterocycles. The van der Waals surface area contributed by atoms with Crippen LogP contribution >= 0.6 is 11.8 Å². The number of thioether (sulfide) groups is 1. The van der Waals surface area contributed by atoms with Gasteiger partial charge in [0.25, 0.3) is 5.91 Å². The number of carbonyl (C=O) groups excluding carboxylic acids is 1. The summed E-state index contributed by atoms with van der Waals surface area (Å²) >= 11 is 1.80. The van der Waals surface area contributed by atoms with E-state index in [0.29, 0.717) is 17.6 Å². The Morgan fingerprint density at radius 1 is 1.19 bits per heavy atom. The van der Waals surface area contributed by atoms with Gasteiger partial charge in [-0.25, -0.2) is 0 Å². The van der Waals surface area contributed by atoms with Crippen molar-refractivity contribution >= 4 is 17.7 Å². The molecule has 1 fully saturated rings. The summed E-state index contributed by atoms with van der Waals surface area (Å²) in [4.78, 5) is 12.5. The zero-order valence-electron chi connectivity index (χ0n) is 16.0. The molecule has 3 rings (SSSR count). The first-order valence-electron chi connectivity index (χ1n) is 9.56. The third-order valence-corrected chi connectivity index (χ3v) is 6.53. The van der Waals surface area contributed by atoms with Crippen LogP contribution in [0.5, 0.6) is 0 Å². The van der Waals surface area contributed by atoms with Crippen molar-refractivity contribution in [2.24, 2.45) is 11.8 Å². The van der Waals surface area contributed by atoms with Crippen LogP contribution in [0.2, 0.25) is 0 Å². The van der Waals surface area contributed by atoms with Crippen LogP contribution < -0.4 is 5.32 Å². The Labute approximate surface area is 160 Å². The second-order valence-corrected chi connectivity index (χ2v) is 8.58. The molecule has 0 aliphatic heterocycles. The molecule has 0 unspecified atom stereocenters. The predicted octanol–water partition coefficient (Wildman–Crippen LogP) is 5.58. The summed E-state index contributed by atoms with van der Waals surface area (Å²) in [5, 5.41) is 3.18. The first-order chi connectivity index (χ1) is 12.5. The van der Waals surface area contributed by atoms with E-state index in [1.807, 2.05) is 6.07 Å². The lowest BCUT2D eigenvalue weighted by Crippen LogP contribution is -2.43. The van der Waals surface area contributed by atoms with Crippen LogP contribution in [-0.4, -0.2) is 11.9 Å². The lowest BCUT2D eigenvalue weighted by atomic mass is 9.78. The number of nitrogens with one attached hydrogen (secondary N) is 1. The van der Waals surface area contributed by atoms with Crippen LogP contribution in [0, 0.1) is 18.8 Å². The molecule has 0 radical (unpaired) electrons. The molecule has 1 heterocycles. The van der Waals surface area contributed by atoms with E-state index in [0.717, 1.165) is 23.7 Å². The van der Waals surface area contributed by atoms with Crippen LogP contribution in [-0.2, 0) is 11.5 Å². The lowest BCUT2D eigenvalue weighted by molar-refractivity contribution is 0.0861. The highest BCUT2D eigenvalue weighted by Crippen LogP contribution is 2.29. The predicted molar refractivity (Wildman–Crippen MR) is 108 cm³/mol. The molecule has 1 amide bonds. The minimum Gasteiger partial charge on any atom is -0.455 e. The molecule has 4 heteroatoms. The third-order valence-electron chi connectivity index (χ3n) is 5.50. The number of aryl methyl sites for hydroxylation is 1. The molecule has 1 saturated carbocycles. The van der Waals surface area contributed by atoms with E-state index < -0.39 is 0 Å². The SMILES string of the molecule is Cc1cccc(CSCc2ccc(C(=O)N[C@@H]3CCC[C@@H](C)[C@@H]3C)o2)c1. The summed E-state index contributed by atoms with van der Waals surface area (Å²) < 4.78 is 5.78. The third kappa shape index (κ3) is 4.94. The number of hydrogen-bond donors (Lipinski definition) is 1. The van der Waals surface area contributed by atoms with Crippen molar-refractivity contribution in [3.05, 3.63) is 59.0 Å². The highest BCUT2D eigenvalue weighted by Gasteiger charge is 2.29. The molecule has 1 aromatic carbocycles. The molecule has 3 nitrogen and oxygen atoms in total. The van der Waals surface area contributed by atoms with E-state index in [4.69, 9.17) is 4.42 Å². The Balaban J connectivity index is 1.50. The van der Waals surface area contributed by atoms with Crippen LogP contribution in [0.3, 0.4) is 0 Å². The minimum atomic E-state index is -0.0779. The van der Waals surface area contributed by atoms with E-state index in [9.17, 15) is 4.79 Å². The van der Waals surface area contributed by atoms with Gasteiger partial charge in [-0.05, 0) is 42.9 Å². The van der Waals surface area contributed by atoms with E-state index >= 15 is 0 Å². The smallest absolute Gasteiger partial charge is 0.287 e. The standard InChI is InChI=1S/C22H29NO2S/c1-15-6-4-8-18(12-15)13-26-14-19-10-11-21(25-19)22(24)23-20-9-5-7-16(2)17(20)3/h4,6,8,10-12,16-17,20H,5,7,9,13-14H2,1-3H3,(H,23,24)/t16-,17+,20-/m1/s1. The average molecular weight is 372 g/mol. The van der Waals surface area contributed by atoms with Crippen LogP contribution in [0.25, 0.3) is 0 Å². The second kappa shape index (κ2) is 8.81. The molecule has 26 heavy (non-hydrogen) atoms. The van der Waals surface area contributed by atoms with Crippen molar-refractivity contribution in [2.75, 3.05) is 0 Å². The maximum Gasteiger partial charge on any atom is 0.287 e. The monoisotopic (exact) mass is 371 g/mol. The molecule has 140 valence electrons. The van der Waals surface area contributed by atoms with Gasteiger partial charge in [0.15, 0.2) is 5.76 Å². The van der Waals surface area contributed by atoms with Crippen LogP contribution in [0.15, 0.2) is 40.8 Å². The molecule has 1 aliphatic carbocycles. The number of rotatable bonds is 6. The number of amides is 1. The largest absolute Gasteiger partial charge is 0.455 e. The summed E-state index contributed by atoms with van der Waals surface area (Å²) in [5.74, 6) is 4.12. The van der Waals surface area contributed by atoms with Crippen molar-refractivity contribution in [3.8, 4) is 0 Å². The topological polar surface area (TPSA) is 42.2 Å². The zero-order valence-corrected chi connectivity index (χ0v) is 16.8. The fourth-order valence-electron chi connectivity index (χ4n) is 3.67. The van der Waals surface area contributed by atoms with Gasteiger partial charge in [-0.1, -0.05) is 56.5 Å². The fraction of sp³-hybridized carbons (Fsp3) is 0.500. The van der Waals surface area contributed by atoms with Gasteiger partial charge in [0, 0.05) is 11.8 Å². The van der Waals surface area contributed by atoms with Gasteiger partial charge in [0.2, 0.25) is 0 Å². The Kier molecular flexibility index (Phi) is 6.47. The van der Waals surface area contributed by atoms with Gasteiger partial charge in [-0.3, -0.25) is 4.79 Å². The van der Waals surface area contributed by atoms with Crippen molar-refractivity contribution in [1.82, 2.24) is 5.32 Å². The first kappa shape index (κ1) is 19.1. The minimum absolute atomic E-state index is 0.0779. The summed E-state index contributed by atoms with van der Waals surface area (Å²) in [6.45, 7) is 6.63. The fourth-order valence-corrected chi connectivity index (χ4v) is 4.55. The van der Waals surface area contributed by atoms with Gasteiger partial charge in [-0.2, -0.15) is 0 Å². The number of benzene rings is 1. The normalized spacial score (nSPS) is 23.0. The molecule has 0 spiro atoms. The van der Waals surface area contributed by atoms with Gasteiger partial charge < -0.3 is 9.73 Å². The first-order valence-corrected chi connectivity index (χ1v) is 10.7. The molecule has 2 aromatic rings. The van der Waals surface area contributed by atoms with Crippen LogP contribution in [0.4, 0.5) is 0 Å². The molecular formula is C22H29NO2S. The molecule has 1 N–H and O–H groups in total. The van der Waals surface area contributed by atoms with Crippen molar-refractivity contribution in [2.45, 2.75) is 57.6 Å². The van der Waals surface area contributed by atoms with Gasteiger partial charge in [0.1, 0.15) is 5.76 Å². The van der Waals surface area contributed by atoms with Gasteiger partial charge in [-0.15, -0.1) is 11.8 Å². The number of hydrogen-bond acceptors (Lipinski definition) is 3. The van der Waals surface area contributed by atoms with Crippen molar-refractivity contribution < 1.29 is 9.21 Å². The summed E-state index contributed by atoms with van der Waals surface area (Å²) in [7, 11) is 0. The quantitative estimate of drug-likeness (QED) is 0.721. The molecule has 1 aliphatic rings. The van der Waals surface area contributed by atoms with E-state index in [-0.39, 0.29) is 11.9 Å². The highest BCUT2D eigenvalue weighted by molar-refractivity contribution is 7.97. The Bertz CT molecular complexity index is 739. The maximum atomic E-state index is 12.5. The number of carbonyl (C=O) groups is 1. The zero-order chi connectivity index (χ0) is 18.5. The van der Waals surface area contributed by atoms with Crippen molar-refractivity contribution in [1.29, 1.82) is 0 Å². The highest BCUT2D eigenvalue weighted by atomic mass is 32.2. The molecule has 3 atom stereocenters. The molecule has 0 bridgehead atoms. The Morgan fingerprint density at radius 3 is 2.85 bits per heavy atom. The van der Waals surface area contributed by atoms with Gasteiger partial charge >= 0.3 is 0 Å². The van der Waals surface area contributed by atoms with Crippen LogP contribution in [0.1, 0.15) is 60.6 Å². The van der Waals surface area contributed by atoms with E-state index in [2.05, 4.69) is 50.4 Å². The summed E-state index contributed by atoms with van der Waals surface area (Å²) in [5.41, 5.74) is 2.60. The Hall–Kier alpha value is -1.68. The lowest BCUT2D eigenvalue weighted by Gasteiger charge is -2.34. The van der Waals surface area contributed by atoms with Crippen molar-refractivity contribution in [3.63, 3.8) is 0 Å². The second-order valence-electron chi connectivity index (χ2n) is 7.60. The van der Waals surface area contributed by atoms with E-state index in [1.165, 1.54) is 24.0 Å². The van der Waals surface area contributed by atoms with E-state index in [1.54, 1.807) is 17.8 Å². The maximum absolute atomic E-state index is 12.5. The van der Waals surface area contributed by atoms with Gasteiger partial charge in [0.05, 0.1) is 5.75 Å².